The summed E-state index contributed by atoms with van der Waals surface area (Å²) in [6, 6.07) is 0. The van der Waals surface area contributed by atoms with Gasteiger partial charge < -0.3 is 0 Å². The average Bonchev–Trinajstić information content (AvgIpc) is 1.80. The fourth-order valence-electron chi connectivity index (χ4n) is 0.603. The standard InChI is InChI=1S/C10H18O/c1-8(10(3,4)5)6-7-9(2)11/h6H,7H2,1-5H3/b8-6+. The van der Waals surface area contributed by atoms with E-state index in [1.54, 1.807) is 6.92 Å². The summed E-state index contributed by atoms with van der Waals surface area (Å²) < 4.78 is 0. The van der Waals surface area contributed by atoms with E-state index < -0.39 is 0 Å². The zero-order valence-corrected chi connectivity index (χ0v) is 8.19. The van der Waals surface area contributed by atoms with E-state index in [1.165, 1.54) is 5.57 Å². The van der Waals surface area contributed by atoms with Crippen molar-refractivity contribution in [2.45, 2.75) is 41.0 Å². The number of hydrogen-bond donors (Lipinski definition) is 0. The van der Waals surface area contributed by atoms with Crippen molar-refractivity contribution in [2.24, 2.45) is 5.41 Å². The molecule has 0 bridgehead atoms. The van der Waals surface area contributed by atoms with E-state index in [0.717, 1.165) is 0 Å². The Morgan fingerprint density at radius 2 is 1.73 bits per heavy atom. The molecule has 0 aliphatic carbocycles. The molecule has 0 aliphatic rings. The lowest BCUT2D eigenvalue weighted by Gasteiger charge is -2.19. The zero-order valence-electron chi connectivity index (χ0n) is 8.19. The maximum atomic E-state index is 10.6. The molecular formula is C10H18O. The molecule has 0 saturated heterocycles. The van der Waals surface area contributed by atoms with Crippen molar-refractivity contribution < 1.29 is 4.79 Å². The van der Waals surface area contributed by atoms with Crippen LogP contribution in [0.2, 0.25) is 0 Å². The molecule has 0 amide bonds. The van der Waals surface area contributed by atoms with Gasteiger partial charge in [0.25, 0.3) is 0 Å². The number of allylic oxidation sites excluding steroid dienone is 2. The molecule has 0 unspecified atom stereocenters. The number of ketones is 1. The van der Waals surface area contributed by atoms with Crippen LogP contribution in [-0.4, -0.2) is 5.78 Å². The third-order valence-electron chi connectivity index (χ3n) is 1.88. The molecule has 0 atom stereocenters. The number of carbonyl (C=O) groups is 1. The highest BCUT2D eigenvalue weighted by Crippen LogP contribution is 2.24. The topological polar surface area (TPSA) is 17.1 Å². The number of Topliss-reactive ketones (excluding diaryl/α,β-unsaturated/α-hetero) is 1. The maximum Gasteiger partial charge on any atom is 0.133 e. The van der Waals surface area contributed by atoms with E-state index in [2.05, 4.69) is 27.7 Å². The Balaban J connectivity index is 4.12. The normalized spacial score (nSPS) is 13.4. The van der Waals surface area contributed by atoms with Crippen LogP contribution in [0, 0.1) is 5.41 Å². The van der Waals surface area contributed by atoms with E-state index in [-0.39, 0.29) is 11.2 Å². The Labute approximate surface area is 69.5 Å². The van der Waals surface area contributed by atoms with E-state index in [4.69, 9.17) is 0 Å². The van der Waals surface area contributed by atoms with Crippen LogP contribution in [0.3, 0.4) is 0 Å². The van der Waals surface area contributed by atoms with Gasteiger partial charge in [0.05, 0.1) is 0 Å². The molecule has 64 valence electrons. The van der Waals surface area contributed by atoms with Gasteiger partial charge >= 0.3 is 0 Å². The third kappa shape index (κ3) is 4.77. The van der Waals surface area contributed by atoms with Gasteiger partial charge in [-0.3, -0.25) is 4.79 Å². The van der Waals surface area contributed by atoms with Crippen LogP contribution in [0.25, 0.3) is 0 Å². The van der Waals surface area contributed by atoms with Crippen LogP contribution in [0.4, 0.5) is 0 Å². The van der Waals surface area contributed by atoms with Crippen molar-refractivity contribution in [3.63, 3.8) is 0 Å². The lowest BCUT2D eigenvalue weighted by atomic mass is 9.87. The molecule has 0 aliphatic heterocycles. The summed E-state index contributed by atoms with van der Waals surface area (Å²) in [6.45, 7) is 10.1. The number of hydrogen-bond acceptors (Lipinski definition) is 1. The van der Waals surface area contributed by atoms with Crippen molar-refractivity contribution in [1.82, 2.24) is 0 Å². The van der Waals surface area contributed by atoms with E-state index in [9.17, 15) is 4.79 Å². The van der Waals surface area contributed by atoms with Gasteiger partial charge in [0, 0.05) is 6.42 Å². The minimum atomic E-state index is 0.204. The van der Waals surface area contributed by atoms with Crippen LogP contribution in [0.5, 0.6) is 0 Å². The van der Waals surface area contributed by atoms with Crippen LogP contribution in [-0.2, 0) is 4.79 Å². The van der Waals surface area contributed by atoms with Crippen molar-refractivity contribution in [2.75, 3.05) is 0 Å². The van der Waals surface area contributed by atoms with Crippen LogP contribution in [0.15, 0.2) is 11.6 Å². The molecule has 0 radical (unpaired) electrons. The van der Waals surface area contributed by atoms with Gasteiger partial charge in [0.1, 0.15) is 5.78 Å². The highest BCUT2D eigenvalue weighted by Gasteiger charge is 2.11. The van der Waals surface area contributed by atoms with Crippen LogP contribution in [0.1, 0.15) is 41.0 Å². The number of rotatable bonds is 2. The van der Waals surface area contributed by atoms with Crippen molar-refractivity contribution in [3.05, 3.63) is 11.6 Å². The van der Waals surface area contributed by atoms with Gasteiger partial charge in [-0.2, -0.15) is 0 Å². The molecule has 0 heterocycles. The molecule has 11 heavy (non-hydrogen) atoms. The summed E-state index contributed by atoms with van der Waals surface area (Å²) >= 11 is 0. The molecule has 0 N–H and O–H groups in total. The Hall–Kier alpha value is -0.590. The molecule has 0 aromatic rings. The second-order valence-electron chi connectivity index (χ2n) is 4.04. The summed E-state index contributed by atoms with van der Waals surface area (Å²) in [5, 5.41) is 0. The number of carbonyl (C=O) groups excluding carboxylic acids is 1. The van der Waals surface area contributed by atoms with Crippen molar-refractivity contribution in [1.29, 1.82) is 0 Å². The summed E-state index contributed by atoms with van der Waals surface area (Å²) in [6.07, 6.45) is 2.59. The summed E-state index contributed by atoms with van der Waals surface area (Å²) in [7, 11) is 0. The molecule has 0 fully saturated rings. The van der Waals surface area contributed by atoms with Crippen molar-refractivity contribution in [3.8, 4) is 0 Å². The summed E-state index contributed by atoms with van der Waals surface area (Å²) in [4.78, 5) is 10.6. The Morgan fingerprint density at radius 1 is 1.27 bits per heavy atom. The van der Waals surface area contributed by atoms with Crippen molar-refractivity contribution >= 4 is 5.78 Å². The first-order valence-corrected chi connectivity index (χ1v) is 4.00. The monoisotopic (exact) mass is 154 g/mol. The van der Waals surface area contributed by atoms with E-state index in [0.29, 0.717) is 6.42 Å². The Bertz CT molecular complexity index is 170. The van der Waals surface area contributed by atoms with Crippen LogP contribution >= 0.6 is 0 Å². The maximum absolute atomic E-state index is 10.6. The molecule has 0 saturated carbocycles. The van der Waals surface area contributed by atoms with Crippen LogP contribution < -0.4 is 0 Å². The minimum Gasteiger partial charge on any atom is -0.300 e. The highest BCUT2D eigenvalue weighted by molar-refractivity contribution is 5.77. The van der Waals surface area contributed by atoms with Gasteiger partial charge in [0.15, 0.2) is 0 Å². The average molecular weight is 154 g/mol. The van der Waals surface area contributed by atoms with Gasteiger partial charge in [0.2, 0.25) is 0 Å². The first-order valence-electron chi connectivity index (χ1n) is 4.00. The zero-order chi connectivity index (χ0) is 9.07. The minimum absolute atomic E-state index is 0.204. The summed E-state index contributed by atoms with van der Waals surface area (Å²) in [5.41, 5.74) is 1.49. The first kappa shape index (κ1) is 10.4. The molecule has 0 rings (SSSR count). The summed E-state index contributed by atoms with van der Waals surface area (Å²) in [5.74, 6) is 0.230. The lowest BCUT2D eigenvalue weighted by Crippen LogP contribution is -2.06. The predicted molar refractivity (Wildman–Crippen MR) is 48.5 cm³/mol. The third-order valence-corrected chi connectivity index (χ3v) is 1.88. The van der Waals surface area contributed by atoms with E-state index in [1.807, 2.05) is 6.08 Å². The molecule has 1 heteroatoms. The smallest absolute Gasteiger partial charge is 0.133 e. The largest absolute Gasteiger partial charge is 0.300 e. The van der Waals surface area contributed by atoms with Gasteiger partial charge in [-0.15, -0.1) is 0 Å². The predicted octanol–water partition coefficient (Wildman–Crippen LogP) is 2.96. The second-order valence-corrected chi connectivity index (χ2v) is 4.04. The SMILES string of the molecule is CC(=O)C/C=C(\C)C(C)(C)C. The van der Waals surface area contributed by atoms with Gasteiger partial charge in [-0.1, -0.05) is 32.4 Å². The van der Waals surface area contributed by atoms with E-state index >= 15 is 0 Å². The lowest BCUT2D eigenvalue weighted by molar-refractivity contribution is -0.116. The Morgan fingerprint density at radius 3 is 2.00 bits per heavy atom. The molecular weight excluding hydrogens is 136 g/mol. The highest BCUT2D eigenvalue weighted by atomic mass is 16.1. The molecule has 0 aromatic heterocycles. The first-order chi connectivity index (χ1) is 4.84. The van der Waals surface area contributed by atoms with Gasteiger partial charge in [-0.05, 0) is 19.3 Å². The molecule has 0 aromatic carbocycles. The fraction of sp³-hybridized carbons (Fsp3) is 0.700. The fourth-order valence-corrected chi connectivity index (χ4v) is 0.603. The Kier molecular flexibility index (Phi) is 3.50. The quantitative estimate of drug-likeness (QED) is 0.559. The second kappa shape index (κ2) is 3.70. The molecule has 0 spiro atoms. The molecule has 1 nitrogen and oxygen atoms in total. The van der Waals surface area contributed by atoms with Gasteiger partial charge in [-0.25, -0.2) is 0 Å².